The van der Waals surface area contributed by atoms with Crippen LogP contribution in [0, 0.1) is 0 Å². The predicted octanol–water partition coefficient (Wildman–Crippen LogP) is 1.83. The summed E-state index contributed by atoms with van der Waals surface area (Å²) in [4.78, 5) is 28.3. The van der Waals surface area contributed by atoms with Gasteiger partial charge in [0.1, 0.15) is 0 Å². The molecule has 2 aromatic heterocycles. The largest absolute Gasteiger partial charge is 0.381 e. The molecule has 1 aliphatic heterocycles. The van der Waals surface area contributed by atoms with Crippen molar-refractivity contribution in [2.45, 2.75) is 38.8 Å². The summed E-state index contributed by atoms with van der Waals surface area (Å²) in [5, 5.41) is 9.04. The lowest BCUT2D eigenvalue weighted by Crippen LogP contribution is -2.29. The monoisotopic (exact) mass is 422 g/mol. The van der Waals surface area contributed by atoms with Crippen molar-refractivity contribution in [1.29, 1.82) is 0 Å². The zero-order chi connectivity index (χ0) is 22.0. The Hall–Kier alpha value is -3.46. The third-order valence-electron chi connectivity index (χ3n) is 5.55. The van der Waals surface area contributed by atoms with Crippen molar-refractivity contribution >= 4 is 28.5 Å². The molecule has 9 nitrogen and oxygen atoms in total. The van der Waals surface area contributed by atoms with E-state index in [1.807, 2.05) is 17.7 Å². The van der Waals surface area contributed by atoms with Crippen molar-refractivity contribution in [3.05, 3.63) is 52.8 Å². The number of primary amides is 2. The third kappa shape index (κ3) is 4.22. The fraction of sp³-hybridized carbons (Fsp3) is 0.364. The number of aryl methyl sites for hydroxylation is 1. The highest BCUT2D eigenvalue weighted by atomic mass is 16.5. The van der Waals surface area contributed by atoms with Gasteiger partial charge in [0.25, 0.3) is 5.91 Å². The molecule has 1 fully saturated rings. The number of amides is 2. The van der Waals surface area contributed by atoms with Crippen LogP contribution in [0.4, 0.5) is 5.69 Å². The topological polar surface area (TPSA) is 138 Å². The van der Waals surface area contributed by atoms with Crippen LogP contribution in [0.3, 0.4) is 0 Å². The normalized spacial score (nSPS) is 14.6. The van der Waals surface area contributed by atoms with E-state index >= 15 is 0 Å². The van der Waals surface area contributed by atoms with E-state index in [9.17, 15) is 9.59 Å². The first-order chi connectivity index (χ1) is 15.0. The first kappa shape index (κ1) is 20.8. The van der Waals surface area contributed by atoms with Gasteiger partial charge in [-0.15, -0.1) is 0 Å². The number of hydrogen-bond acceptors (Lipinski definition) is 6. The smallest absolute Gasteiger partial charge is 0.252 e. The molecule has 0 radical (unpaired) electrons. The van der Waals surface area contributed by atoms with Crippen molar-refractivity contribution in [3.8, 4) is 0 Å². The van der Waals surface area contributed by atoms with Crippen molar-refractivity contribution in [3.63, 3.8) is 0 Å². The van der Waals surface area contributed by atoms with E-state index in [1.54, 1.807) is 18.2 Å². The Morgan fingerprint density at radius 3 is 2.68 bits per heavy atom. The maximum Gasteiger partial charge on any atom is 0.252 e. The fourth-order valence-corrected chi connectivity index (χ4v) is 3.97. The SMILES string of the molecule is CCn1nc(Cc2cccc(C(N)=O)c2)c2c(NC3CCOCC3)c(C(N)=O)cnc21. The quantitative estimate of drug-likeness (QED) is 0.531. The van der Waals surface area contributed by atoms with Gasteiger partial charge in [-0.3, -0.25) is 9.59 Å². The average Bonchev–Trinajstić information content (AvgIpc) is 3.12. The summed E-state index contributed by atoms with van der Waals surface area (Å²) in [6, 6.07) is 7.31. The molecule has 162 valence electrons. The van der Waals surface area contributed by atoms with E-state index < -0.39 is 11.8 Å². The minimum atomic E-state index is -0.546. The Morgan fingerprint density at radius 1 is 1.23 bits per heavy atom. The molecule has 31 heavy (non-hydrogen) atoms. The van der Waals surface area contributed by atoms with E-state index in [4.69, 9.17) is 21.3 Å². The third-order valence-corrected chi connectivity index (χ3v) is 5.55. The first-order valence-corrected chi connectivity index (χ1v) is 10.4. The molecule has 1 aliphatic rings. The van der Waals surface area contributed by atoms with Crippen molar-refractivity contribution < 1.29 is 14.3 Å². The summed E-state index contributed by atoms with van der Waals surface area (Å²) in [5.74, 6) is -1.03. The second-order valence-electron chi connectivity index (χ2n) is 7.64. The van der Waals surface area contributed by atoms with Gasteiger partial charge in [0.2, 0.25) is 5.91 Å². The van der Waals surface area contributed by atoms with Gasteiger partial charge in [-0.05, 0) is 37.5 Å². The molecule has 0 unspecified atom stereocenters. The number of hydrogen-bond donors (Lipinski definition) is 3. The van der Waals surface area contributed by atoms with E-state index in [1.165, 1.54) is 6.20 Å². The maximum atomic E-state index is 12.2. The summed E-state index contributed by atoms with van der Waals surface area (Å²) in [5.41, 5.74) is 14.9. The van der Waals surface area contributed by atoms with E-state index in [-0.39, 0.29) is 6.04 Å². The molecule has 4 rings (SSSR count). The molecule has 0 spiro atoms. The molecule has 9 heteroatoms. The second kappa shape index (κ2) is 8.73. The summed E-state index contributed by atoms with van der Waals surface area (Å²) in [6.45, 7) is 3.94. The predicted molar refractivity (Wildman–Crippen MR) is 117 cm³/mol. The van der Waals surface area contributed by atoms with Crippen molar-refractivity contribution in [1.82, 2.24) is 14.8 Å². The van der Waals surface area contributed by atoms with Gasteiger partial charge in [0.15, 0.2) is 5.65 Å². The van der Waals surface area contributed by atoms with Crippen LogP contribution in [0.15, 0.2) is 30.5 Å². The molecule has 5 N–H and O–H groups in total. The van der Waals surface area contributed by atoms with Crippen LogP contribution in [0.5, 0.6) is 0 Å². The number of pyridine rings is 1. The minimum Gasteiger partial charge on any atom is -0.381 e. The van der Waals surface area contributed by atoms with Crippen LogP contribution in [0.1, 0.15) is 51.7 Å². The first-order valence-electron chi connectivity index (χ1n) is 10.4. The van der Waals surface area contributed by atoms with Gasteiger partial charge in [-0.1, -0.05) is 12.1 Å². The molecule has 1 aromatic carbocycles. The van der Waals surface area contributed by atoms with E-state index in [2.05, 4.69) is 10.3 Å². The summed E-state index contributed by atoms with van der Waals surface area (Å²) in [7, 11) is 0. The number of anilines is 1. The van der Waals surface area contributed by atoms with Gasteiger partial charge in [-0.2, -0.15) is 5.10 Å². The molecule has 3 aromatic rings. The second-order valence-corrected chi connectivity index (χ2v) is 7.64. The Kier molecular flexibility index (Phi) is 5.85. The zero-order valence-corrected chi connectivity index (χ0v) is 17.4. The lowest BCUT2D eigenvalue weighted by molar-refractivity contribution is 0.0904. The number of nitrogens with zero attached hydrogens (tertiary/aromatic N) is 3. The minimum absolute atomic E-state index is 0.161. The van der Waals surface area contributed by atoms with Crippen LogP contribution in [-0.4, -0.2) is 45.8 Å². The molecule has 1 saturated heterocycles. The Labute approximate surface area is 179 Å². The number of benzene rings is 1. The van der Waals surface area contributed by atoms with Crippen LogP contribution in [0.2, 0.25) is 0 Å². The van der Waals surface area contributed by atoms with Gasteiger partial charge in [-0.25, -0.2) is 9.67 Å². The molecule has 0 atom stereocenters. The number of nitrogens with one attached hydrogen (secondary N) is 1. The summed E-state index contributed by atoms with van der Waals surface area (Å²) < 4.78 is 7.27. The maximum absolute atomic E-state index is 12.2. The molecule has 3 heterocycles. The van der Waals surface area contributed by atoms with Gasteiger partial charge in [0.05, 0.1) is 22.3 Å². The number of rotatable bonds is 7. The molecule has 0 aliphatic carbocycles. The van der Waals surface area contributed by atoms with Crippen LogP contribution >= 0.6 is 0 Å². The number of nitrogens with two attached hydrogens (primary N) is 2. The van der Waals surface area contributed by atoms with E-state index in [0.29, 0.717) is 48.6 Å². The number of carbonyl (C=O) groups excluding carboxylic acids is 2. The fourth-order valence-electron chi connectivity index (χ4n) is 3.97. The molecule has 0 saturated carbocycles. The Morgan fingerprint density at radius 2 is 2.00 bits per heavy atom. The van der Waals surface area contributed by atoms with E-state index in [0.717, 1.165) is 29.5 Å². The summed E-state index contributed by atoms with van der Waals surface area (Å²) in [6.07, 6.45) is 3.63. The van der Waals surface area contributed by atoms with Gasteiger partial charge >= 0.3 is 0 Å². The number of carbonyl (C=O) groups is 2. The number of fused-ring (bicyclic) bond motifs is 1. The van der Waals surface area contributed by atoms with Crippen LogP contribution < -0.4 is 16.8 Å². The highest BCUT2D eigenvalue weighted by molar-refractivity contribution is 6.06. The standard InChI is InChI=1S/C22H26N6O3/c1-2-28-22-18(17(27-28)11-13-4-3-5-14(10-13)20(23)29)19(16(12-25-22)21(24)30)26-15-6-8-31-9-7-15/h3-5,10,12,15H,2,6-9,11H2,1H3,(H2,23,29)(H2,24,30)(H,25,26). The molecular formula is C22H26N6O3. The number of ether oxygens (including phenoxy) is 1. The Balaban J connectivity index is 1.84. The average molecular weight is 422 g/mol. The lowest BCUT2D eigenvalue weighted by Gasteiger charge is -2.25. The summed E-state index contributed by atoms with van der Waals surface area (Å²) >= 11 is 0. The highest BCUT2D eigenvalue weighted by Gasteiger charge is 2.24. The molecule has 2 amide bonds. The Bertz CT molecular complexity index is 1130. The van der Waals surface area contributed by atoms with Crippen molar-refractivity contribution in [2.24, 2.45) is 11.5 Å². The van der Waals surface area contributed by atoms with Gasteiger partial charge in [0, 0.05) is 44.0 Å². The van der Waals surface area contributed by atoms with Crippen LogP contribution in [0.25, 0.3) is 11.0 Å². The lowest BCUT2D eigenvalue weighted by atomic mass is 10.0. The molecular weight excluding hydrogens is 396 g/mol. The molecule has 0 bridgehead atoms. The van der Waals surface area contributed by atoms with Gasteiger partial charge < -0.3 is 21.5 Å². The number of aromatic nitrogens is 3. The zero-order valence-electron chi connectivity index (χ0n) is 17.4. The van der Waals surface area contributed by atoms with Crippen LogP contribution in [-0.2, 0) is 17.7 Å². The van der Waals surface area contributed by atoms with Crippen molar-refractivity contribution in [2.75, 3.05) is 18.5 Å². The highest BCUT2D eigenvalue weighted by Crippen LogP contribution is 2.32.